The van der Waals surface area contributed by atoms with E-state index < -0.39 is 18.2 Å². The normalized spacial score (nSPS) is 10.4. The summed E-state index contributed by atoms with van der Waals surface area (Å²) in [5, 5.41) is 33.1. The number of hydrogen-bond acceptors (Lipinski definition) is 4. The minimum absolute atomic E-state index is 0.101. The van der Waals surface area contributed by atoms with Gasteiger partial charge < -0.3 is 20.4 Å². The summed E-state index contributed by atoms with van der Waals surface area (Å²) >= 11 is 0. The maximum Gasteiger partial charge on any atom is 0.303 e. The maximum absolute atomic E-state index is 10.0. The minimum Gasteiger partial charge on any atom is -0.481 e. The molecule has 0 atom stereocenters. The van der Waals surface area contributed by atoms with Crippen molar-refractivity contribution in [2.45, 2.75) is 64.6 Å². The van der Waals surface area contributed by atoms with E-state index in [0.29, 0.717) is 19.3 Å². The van der Waals surface area contributed by atoms with Crippen molar-refractivity contribution in [1.29, 1.82) is 0 Å². The van der Waals surface area contributed by atoms with Crippen LogP contribution in [0.5, 0.6) is 0 Å². The van der Waals surface area contributed by atoms with Crippen LogP contribution in [0.3, 0.4) is 0 Å². The summed E-state index contributed by atoms with van der Waals surface area (Å²) in [5.41, 5.74) is 0. The lowest BCUT2D eigenvalue weighted by Gasteiger charge is -1.99. The lowest BCUT2D eigenvalue weighted by Crippen LogP contribution is -2.02. The van der Waals surface area contributed by atoms with E-state index in [1.807, 2.05) is 0 Å². The Morgan fingerprint density at radius 2 is 1.40 bits per heavy atom. The first-order valence-electron chi connectivity index (χ1n) is 6.84. The number of aliphatic hydroxyl groups is 2. The Hall–Kier alpha value is -1.40. The average Bonchev–Trinajstić information content (AvgIpc) is 2.33. The molecule has 0 saturated heterocycles. The van der Waals surface area contributed by atoms with Crippen LogP contribution in [0.15, 0.2) is 12.2 Å². The molecule has 0 aromatic carbocycles. The van der Waals surface area contributed by atoms with Gasteiger partial charge in [0.2, 0.25) is 0 Å². The van der Waals surface area contributed by atoms with Crippen LogP contribution < -0.4 is 0 Å². The van der Waals surface area contributed by atoms with Gasteiger partial charge in [-0.3, -0.25) is 9.59 Å². The second-order valence-corrected chi connectivity index (χ2v) is 4.31. The monoisotopic (exact) mass is 290 g/mol. The molecule has 0 heterocycles. The molecule has 0 aliphatic heterocycles. The van der Waals surface area contributed by atoms with E-state index in [2.05, 4.69) is 6.92 Å². The molecule has 0 unspecified atom stereocenters. The fourth-order valence-electron chi connectivity index (χ4n) is 1.23. The summed E-state index contributed by atoms with van der Waals surface area (Å²) in [4.78, 5) is 20.0. The van der Waals surface area contributed by atoms with E-state index in [9.17, 15) is 9.59 Å². The van der Waals surface area contributed by atoms with Crippen LogP contribution in [-0.2, 0) is 9.59 Å². The zero-order valence-electron chi connectivity index (χ0n) is 12.0. The van der Waals surface area contributed by atoms with E-state index in [1.165, 1.54) is 0 Å². The van der Waals surface area contributed by atoms with Gasteiger partial charge in [0, 0.05) is 12.8 Å². The molecule has 0 radical (unpaired) electrons. The topological polar surface area (TPSA) is 115 Å². The summed E-state index contributed by atoms with van der Waals surface area (Å²) < 4.78 is 0. The van der Waals surface area contributed by atoms with Gasteiger partial charge in [-0.25, -0.2) is 0 Å². The van der Waals surface area contributed by atoms with Crippen molar-refractivity contribution in [2.75, 3.05) is 0 Å². The summed E-state index contributed by atoms with van der Waals surface area (Å²) in [7, 11) is 0. The minimum atomic E-state index is -1.10. The van der Waals surface area contributed by atoms with Crippen molar-refractivity contribution in [3.63, 3.8) is 0 Å². The van der Waals surface area contributed by atoms with E-state index >= 15 is 0 Å². The lowest BCUT2D eigenvalue weighted by atomic mass is 10.2. The zero-order valence-corrected chi connectivity index (χ0v) is 12.0. The Morgan fingerprint density at radius 3 is 1.70 bits per heavy atom. The molecule has 0 aromatic rings. The van der Waals surface area contributed by atoms with Gasteiger partial charge in [-0.15, -0.1) is 0 Å². The molecule has 6 nitrogen and oxygen atoms in total. The number of carboxylic acid groups (broad SMARTS) is 2. The highest BCUT2D eigenvalue weighted by molar-refractivity contribution is 5.67. The maximum atomic E-state index is 10.0. The molecule has 20 heavy (non-hydrogen) atoms. The first-order valence-corrected chi connectivity index (χ1v) is 6.84. The van der Waals surface area contributed by atoms with Gasteiger partial charge in [-0.05, 0) is 25.7 Å². The second kappa shape index (κ2) is 15.7. The van der Waals surface area contributed by atoms with Gasteiger partial charge in [0.15, 0.2) is 6.29 Å². The van der Waals surface area contributed by atoms with Crippen molar-refractivity contribution in [3.8, 4) is 0 Å². The summed E-state index contributed by atoms with van der Waals surface area (Å²) in [6, 6.07) is 0. The molecule has 4 N–H and O–H groups in total. The Labute approximate surface area is 119 Å². The SMILES string of the molecule is CCCCCC(O)O.O=C(O)CCC=CCCC(=O)O. The van der Waals surface area contributed by atoms with Crippen molar-refractivity contribution in [1.82, 2.24) is 0 Å². The molecule has 0 rings (SSSR count). The summed E-state index contributed by atoms with van der Waals surface area (Å²) in [5.74, 6) is -1.67. The van der Waals surface area contributed by atoms with Gasteiger partial charge >= 0.3 is 11.9 Å². The molecule has 6 heteroatoms. The number of aliphatic carboxylic acids is 2. The molecule has 0 spiro atoms. The van der Waals surface area contributed by atoms with E-state index in [-0.39, 0.29) is 12.8 Å². The molecule has 0 aromatic heterocycles. The quantitative estimate of drug-likeness (QED) is 0.278. The predicted molar refractivity (Wildman–Crippen MR) is 75.2 cm³/mol. The Balaban J connectivity index is 0. The number of carbonyl (C=O) groups is 2. The molecule has 0 aliphatic carbocycles. The van der Waals surface area contributed by atoms with Crippen LogP contribution in [0, 0.1) is 0 Å². The third kappa shape index (κ3) is 25.4. The summed E-state index contributed by atoms with van der Waals surface area (Å²) in [6.07, 6.45) is 7.10. The van der Waals surface area contributed by atoms with Gasteiger partial charge in [0.25, 0.3) is 0 Å². The van der Waals surface area contributed by atoms with Crippen LogP contribution in [0.2, 0.25) is 0 Å². The standard InChI is InChI=1S/C8H12O4.C6H14O2/c9-7(10)5-3-1-2-4-6-8(11)12;1-2-3-4-5-6(7)8/h1-2H,3-6H2,(H,9,10)(H,11,12);6-8H,2-5H2,1H3. The van der Waals surface area contributed by atoms with Gasteiger partial charge in [-0.1, -0.05) is 31.9 Å². The molecule has 0 fully saturated rings. The number of rotatable bonds is 10. The highest BCUT2D eigenvalue weighted by Crippen LogP contribution is 2.00. The molecular weight excluding hydrogens is 264 g/mol. The summed E-state index contributed by atoms with van der Waals surface area (Å²) in [6.45, 7) is 2.09. The molecule has 0 saturated carbocycles. The average molecular weight is 290 g/mol. The molecule has 118 valence electrons. The van der Waals surface area contributed by atoms with Crippen molar-refractivity contribution >= 4 is 11.9 Å². The Morgan fingerprint density at radius 1 is 0.950 bits per heavy atom. The van der Waals surface area contributed by atoms with Crippen LogP contribution in [0.4, 0.5) is 0 Å². The number of carboxylic acids is 2. The molecular formula is C14H26O6. The predicted octanol–water partition coefficient (Wildman–Crippen LogP) is 2.15. The van der Waals surface area contributed by atoms with Gasteiger partial charge in [0.1, 0.15) is 0 Å². The van der Waals surface area contributed by atoms with Crippen molar-refractivity contribution in [3.05, 3.63) is 12.2 Å². The first-order chi connectivity index (χ1) is 9.40. The van der Waals surface area contributed by atoms with E-state index in [4.69, 9.17) is 20.4 Å². The second-order valence-electron chi connectivity index (χ2n) is 4.31. The first kappa shape index (κ1) is 20.9. The van der Waals surface area contributed by atoms with Crippen LogP contribution >= 0.6 is 0 Å². The third-order valence-electron chi connectivity index (χ3n) is 2.28. The van der Waals surface area contributed by atoms with Crippen LogP contribution in [0.1, 0.15) is 58.3 Å². The number of hydrogen-bond donors (Lipinski definition) is 4. The van der Waals surface area contributed by atoms with E-state index in [1.54, 1.807) is 12.2 Å². The van der Waals surface area contributed by atoms with Gasteiger partial charge in [-0.2, -0.15) is 0 Å². The fourth-order valence-corrected chi connectivity index (χ4v) is 1.23. The smallest absolute Gasteiger partial charge is 0.303 e. The Bertz CT molecular complexity index is 253. The number of allylic oxidation sites excluding steroid dienone is 2. The highest BCUT2D eigenvalue weighted by Gasteiger charge is 1.94. The lowest BCUT2D eigenvalue weighted by molar-refractivity contribution is -0.138. The fraction of sp³-hybridized carbons (Fsp3) is 0.714. The molecule has 0 aliphatic rings. The molecule has 0 amide bonds. The van der Waals surface area contributed by atoms with Crippen molar-refractivity contribution < 1.29 is 30.0 Å². The Kier molecular flexibility index (Phi) is 16.4. The van der Waals surface area contributed by atoms with Crippen LogP contribution in [0.25, 0.3) is 0 Å². The third-order valence-corrected chi connectivity index (χ3v) is 2.28. The van der Waals surface area contributed by atoms with Crippen LogP contribution in [-0.4, -0.2) is 38.7 Å². The largest absolute Gasteiger partial charge is 0.481 e. The van der Waals surface area contributed by atoms with Crippen molar-refractivity contribution in [2.24, 2.45) is 0 Å². The van der Waals surface area contributed by atoms with Gasteiger partial charge in [0.05, 0.1) is 0 Å². The van der Waals surface area contributed by atoms with E-state index in [0.717, 1.165) is 19.3 Å². The zero-order chi connectivity index (χ0) is 15.8. The number of unbranched alkanes of at least 4 members (excludes halogenated alkanes) is 2. The molecule has 0 bridgehead atoms. The number of aliphatic hydroxyl groups excluding tert-OH is 1. The highest BCUT2D eigenvalue weighted by atomic mass is 16.5.